The van der Waals surface area contributed by atoms with Crippen LogP contribution < -0.4 is 5.32 Å². The lowest BCUT2D eigenvalue weighted by Crippen LogP contribution is -2.40. The van der Waals surface area contributed by atoms with E-state index in [1.165, 1.54) is 12.1 Å². The van der Waals surface area contributed by atoms with Gasteiger partial charge in [-0.3, -0.25) is 0 Å². The molecule has 0 heterocycles. The van der Waals surface area contributed by atoms with Crippen molar-refractivity contribution >= 4 is 15.9 Å². The molecule has 0 bridgehead atoms. The van der Waals surface area contributed by atoms with Crippen molar-refractivity contribution in [3.05, 3.63) is 33.8 Å². The summed E-state index contributed by atoms with van der Waals surface area (Å²) in [7, 11) is 0. The first kappa shape index (κ1) is 14.9. The highest BCUT2D eigenvalue weighted by atomic mass is 79.9. The summed E-state index contributed by atoms with van der Waals surface area (Å²) in [5.74, 6) is -0.902. The molecule has 0 amide bonds. The Labute approximate surface area is 120 Å². The summed E-state index contributed by atoms with van der Waals surface area (Å²) in [5.41, 5.74) is 0.0524. The van der Waals surface area contributed by atoms with Crippen LogP contribution in [-0.2, 0) is 6.54 Å². The molecular formula is C14H18BrF2NO. The summed E-state index contributed by atoms with van der Waals surface area (Å²) in [4.78, 5) is 0. The summed E-state index contributed by atoms with van der Waals surface area (Å²) in [6.07, 6.45) is 4.13. The third-order valence-corrected chi connectivity index (χ3v) is 4.44. The third kappa shape index (κ3) is 3.52. The minimum Gasteiger partial charge on any atom is -0.396 e. The van der Waals surface area contributed by atoms with E-state index >= 15 is 0 Å². The van der Waals surface area contributed by atoms with Crippen molar-refractivity contribution in [2.24, 2.45) is 5.92 Å². The summed E-state index contributed by atoms with van der Waals surface area (Å²) < 4.78 is 27.7. The minimum absolute atomic E-state index is 0.0524. The van der Waals surface area contributed by atoms with Crippen LogP contribution in [0.5, 0.6) is 0 Å². The molecule has 0 radical (unpaired) electrons. The van der Waals surface area contributed by atoms with E-state index in [0.717, 1.165) is 25.7 Å². The van der Waals surface area contributed by atoms with Gasteiger partial charge in [0.25, 0.3) is 0 Å². The molecule has 0 aromatic heterocycles. The van der Waals surface area contributed by atoms with Crippen molar-refractivity contribution < 1.29 is 13.9 Å². The normalized spacial score (nSPS) is 23.6. The summed E-state index contributed by atoms with van der Waals surface area (Å²) in [6.45, 7) is 0.277. The lowest BCUT2D eigenvalue weighted by molar-refractivity contribution is 0.152. The molecular weight excluding hydrogens is 316 g/mol. The molecule has 2 nitrogen and oxygen atoms in total. The average molecular weight is 334 g/mol. The highest BCUT2D eigenvalue weighted by molar-refractivity contribution is 9.10. The van der Waals surface area contributed by atoms with Gasteiger partial charge in [0.05, 0.1) is 4.47 Å². The van der Waals surface area contributed by atoms with Gasteiger partial charge >= 0.3 is 0 Å². The van der Waals surface area contributed by atoms with Gasteiger partial charge in [0.15, 0.2) is 0 Å². The highest BCUT2D eigenvalue weighted by Crippen LogP contribution is 2.26. The highest BCUT2D eigenvalue weighted by Gasteiger charge is 2.24. The monoisotopic (exact) mass is 333 g/mol. The van der Waals surface area contributed by atoms with Crippen molar-refractivity contribution in [3.8, 4) is 0 Å². The smallest absolute Gasteiger partial charge is 0.144 e. The van der Waals surface area contributed by atoms with Crippen LogP contribution in [0.2, 0.25) is 0 Å². The van der Waals surface area contributed by atoms with Crippen LogP contribution in [0.25, 0.3) is 0 Å². The maximum absolute atomic E-state index is 13.8. The zero-order chi connectivity index (χ0) is 13.8. The largest absolute Gasteiger partial charge is 0.396 e. The Hall–Kier alpha value is -0.520. The van der Waals surface area contributed by atoms with E-state index < -0.39 is 11.6 Å². The number of aliphatic hydroxyl groups excluding tert-OH is 1. The molecule has 0 spiro atoms. The van der Waals surface area contributed by atoms with Crippen molar-refractivity contribution in [3.63, 3.8) is 0 Å². The number of nitrogens with one attached hydrogen (secondary N) is 1. The van der Waals surface area contributed by atoms with Crippen LogP contribution in [0.3, 0.4) is 0 Å². The molecule has 1 aromatic rings. The lowest BCUT2D eigenvalue weighted by atomic mass is 9.85. The van der Waals surface area contributed by atoms with Gasteiger partial charge in [0.1, 0.15) is 11.6 Å². The Morgan fingerprint density at radius 3 is 2.74 bits per heavy atom. The van der Waals surface area contributed by atoms with E-state index in [9.17, 15) is 13.9 Å². The van der Waals surface area contributed by atoms with Crippen LogP contribution in [0.1, 0.15) is 31.2 Å². The number of benzene rings is 1. The first-order valence-corrected chi connectivity index (χ1v) is 7.39. The Morgan fingerprint density at radius 1 is 1.26 bits per heavy atom. The fourth-order valence-electron chi connectivity index (χ4n) is 2.66. The summed E-state index contributed by atoms with van der Waals surface area (Å²) in [5, 5.41) is 12.5. The molecule has 2 rings (SSSR count). The standard InChI is InChI=1S/C14H18BrF2NO/c15-11-5-6-12(16)10(14(11)17)7-18-13-4-2-1-3-9(13)8-19/h5-6,9,13,18-19H,1-4,7-8H2. The summed E-state index contributed by atoms with van der Waals surface area (Å²) in [6, 6.07) is 2.76. The van der Waals surface area contributed by atoms with Gasteiger partial charge in [-0.1, -0.05) is 12.8 Å². The number of halogens is 3. The van der Waals surface area contributed by atoms with Crippen LogP contribution in [0, 0.1) is 17.6 Å². The second-order valence-corrected chi connectivity index (χ2v) is 5.89. The van der Waals surface area contributed by atoms with Crippen LogP contribution >= 0.6 is 15.9 Å². The van der Waals surface area contributed by atoms with Crippen LogP contribution in [-0.4, -0.2) is 17.8 Å². The number of aliphatic hydroxyl groups is 1. The fourth-order valence-corrected chi connectivity index (χ4v) is 3.03. The lowest BCUT2D eigenvalue weighted by Gasteiger charge is -2.31. The van der Waals surface area contributed by atoms with E-state index in [-0.39, 0.29) is 35.1 Å². The molecule has 106 valence electrons. The molecule has 1 fully saturated rings. The molecule has 2 unspecified atom stereocenters. The van der Waals surface area contributed by atoms with E-state index in [4.69, 9.17) is 0 Å². The number of rotatable bonds is 4. The van der Waals surface area contributed by atoms with Crippen molar-refractivity contribution in [2.45, 2.75) is 38.3 Å². The molecule has 5 heteroatoms. The quantitative estimate of drug-likeness (QED) is 0.828. The SMILES string of the molecule is OCC1CCCCC1NCc1c(F)ccc(Br)c1F. The molecule has 2 atom stereocenters. The topological polar surface area (TPSA) is 32.3 Å². The van der Waals surface area contributed by atoms with Gasteiger partial charge in [-0.15, -0.1) is 0 Å². The van der Waals surface area contributed by atoms with Gasteiger partial charge in [0, 0.05) is 24.8 Å². The molecule has 2 N–H and O–H groups in total. The van der Waals surface area contributed by atoms with E-state index in [2.05, 4.69) is 21.2 Å². The Bertz CT molecular complexity index is 442. The predicted molar refractivity (Wildman–Crippen MR) is 73.7 cm³/mol. The maximum Gasteiger partial charge on any atom is 0.144 e. The van der Waals surface area contributed by atoms with Gasteiger partial charge in [-0.2, -0.15) is 0 Å². The molecule has 0 saturated heterocycles. The van der Waals surface area contributed by atoms with Crippen molar-refractivity contribution in [1.29, 1.82) is 0 Å². The first-order chi connectivity index (χ1) is 9.13. The first-order valence-electron chi connectivity index (χ1n) is 6.60. The molecule has 1 aliphatic carbocycles. The molecule has 0 aliphatic heterocycles. The van der Waals surface area contributed by atoms with Gasteiger partial charge in [0.2, 0.25) is 0 Å². The zero-order valence-corrected chi connectivity index (χ0v) is 12.2. The fraction of sp³-hybridized carbons (Fsp3) is 0.571. The maximum atomic E-state index is 13.8. The molecule has 1 saturated carbocycles. The molecule has 19 heavy (non-hydrogen) atoms. The van der Waals surface area contributed by atoms with Gasteiger partial charge in [-0.25, -0.2) is 8.78 Å². The second-order valence-electron chi connectivity index (χ2n) is 5.04. The van der Waals surface area contributed by atoms with Gasteiger partial charge in [-0.05, 0) is 46.8 Å². The van der Waals surface area contributed by atoms with E-state index in [0.29, 0.717) is 0 Å². The predicted octanol–water partition coefficient (Wildman–Crippen LogP) is 3.37. The molecule has 1 aliphatic rings. The number of hydrogen-bond donors (Lipinski definition) is 2. The molecule has 1 aromatic carbocycles. The third-order valence-electron chi connectivity index (χ3n) is 3.82. The van der Waals surface area contributed by atoms with Gasteiger partial charge < -0.3 is 10.4 Å². The Kier molecular flexibility index (Phi) is 5.30. The second kappa shape index (κ2) is 6.77. The van der Waals surface area contributed by atoms with E-state index in [1.54, 1.807) is 0 Å². The average Bonchev–Trinajstić information content (AvgIpc) is 2.43. The van der Waals surface area contributed by atoms with Crippen molar-refractivity contribution in [2.75, 3.05) is 6.61 Å². The van der Waals surface area contributed by atoms with Crippen molar-refractivity contribution in [1.82, 2.24) is 5.32 Å². The summed E-state index contributed by atoms with van der Waals surface area (Å²) >= 11 is 3.06. The zero-order valence-electron chi connectivity index (χ0n) is 10.6. The Morgan fingerprint density at radius 2 is 2.00 bits per heavy atom. The van der Waals surface area contributed by atoms with Crippen LogP contribution in [0.15, 0.2) is 16.6 Å². The van der Waals surface area contributed by atoms with E-state index in [1.807, 2.05) is 0 Å². The Balaban J connectivity index is 2.04. The van der Waals surface area contributed by atoms with Crippen LogP contribution in [0.4, 0.5) is 8.78 Å². The number of hydrogen-bond acceptors (Lipinski definition) is 2. The minimum atomic E-state index is -0.552.